The van der Waals surface area contributed by atoms with Crippen molar-refractivity contribution in [2.75, 3.05) is 13.2 Å². The molecule has 17 heavy (non-hydrogen) atoms. The van der Waals surface area contributed by atoms with Crippen LogP contribution in [0, 0.1) is 0 Å². The monoisotopic (exact) mass is 251 g/mol. The van der Waals surface area contributed by atoms with Crippen molar-refractivity contribution in [3.8, 4) is 0 Å². The molecule has 0 aromatic carbocycles. The molecule has 100 valence electrons. The third-order valence-corrected chi connectivity index (χ3v) is 2.42. The summed E-state index contributed by atoms with van der Waals surface area (Å²) in [6.07, 6.45) is 1.00. The van der Waals surface area contributed by atoms with E-state index in [2.05, 4.69) is 4.74 Å². The second kappa shape index (κ2) is 5.62. The van der Waals surface area contributed by atoms with E-state index in [1.165, 1.54) is 4.90 Å². The number of nitrogens with zero attached hydrogens (tertiary/aromatic N) is 1. The van der Waals surface area contributed by atoms with Gasteiger partial charge < -0.3 is 14.4 Å². The topological polar surface area (TPSA) is 38.8 Å². The van der Waals surface area contributed by atoms with Crippen LogP contribution in [0.15, 0.2) is 0 Å². The molecule has 0 N–H and O–H groups in total. The van der Waals surface area contributed by atoms with Gasteiger partial charge in [-0.25, -0.2) is 4.79 Å². The summed E-state index contributed by atoms with van der Waals surface area (Å²) in [5.41, 5.74) is -0.576. The van der Waals surface area contributed by atoms with Crippen LogP contribution >= 0.6 is 0 Å². The van der Waals surface area contributed by atoms with Crippen molar-refractivity contribution in [2.45, 2.75) is 51.9 Å². The first-order chi connectivity index (χ1) is 7.79. The Morgan fingerprint density at radius 2 is 2.12 bits per heavy atom. The first-order valence-electron chi connectivity index (χ1n) is 5.69. The summed E-state index contributed by atoms with van der Waals surface area (Å²) in [6.45, 7) is 2.91. The van der Waals surface area contributed by atoms with Crippen LogP contribution in [0.4, 0.5) is 13.6 Å². The Bertz CT molecular complexity index is 266. The van der Waals surface area contributed by atoms with Gasteiger partial charge in [0.05, 0.1) is 12.6 Å². The molecule has 1 aliphatic heterocycles. The van der Waals surface area contributed by atoms with Gasteiger partial charge in [-0.2, -0.15) is 8.78 Å². The molecule has 1 rings (SSSR count). The Morgan fingerprint density at radius 3 is 2.65 bits per heavy atom. The SMILES string of the molecule is CC(C)(C)OC(=O)N1CCCC1COC(F)F. The van der Waals surface area contributed by atoms with Crippen LogP contribution in [-0.4, -0.2) is 42.4 Å². The summed E-state index contributed by atoms with van der Waals surface area (Å²) in [6, 6.07) is -0.307. The van der Waals surface area contributed by atoms with Gasteiger partial charge in [0.2, 0.25) is 0 Å². The van der Waals surface area contributed by atoms with Gasteiger partial charge in [0, 0.05) is 6.54 Å². The highest BCUT2D eigenvalue weighted by molar-refractivity contribution is 5.68. The number of likely N-dealkylation sites (tertiary alicyclic amines) is 1. The van der Waals surface area contributed by atoms with Gasteiger partial charge in [-0.05, 0) is 33.6 Å². The molecular weight excluding hydrogens is 232 g/mol. The number of carbonyl (C=O) groups is 1. The molecule has 4 nitrogen and oxygen atoms in total. The molecule has 1 saturated heterocycles. The number of hydrogen-bond acceptors (Lipinski definition) is 3. The Morgan fingerprint density at radius 1 is 1.47 bits per heavy atom. The predicted molar refractivity (Wildman–Crippen MR) is 57.9 cm³/mol. The smallest absolute Gasteiger partial charge is 0.410 e. The summed E-state index contributed by atoms with van der Waals surface area (Å²) >= 11 is 0. The first kappa shape index (κ1) is 14.2. The average molecular weight is 251 g/mol. The van der Waals surface area contributed by atoms with Crippen molar-refractivity contribution < 1.29 is 23.0 Å². The zero-order valence-corrected chi connectivity index (χ0v) is 10.4. The van der Waals surface area contributed by atoms with E-state index in [0.29, 0.717) is 13.0 Å². The summed E-state index contributed by atoms with van der Waals surface area (Å²) in [4.78, 5) is 13.2. The van der Waals surface area contributed by atoms with Crippen LogP contribution in [0.25, 0.3) is 0 Å². The quantitative estimate of drug-likeness (QED) is 0.774. The number of halogens is 2. The normalized spacial score (nSPS) is 21.1. The highest BCUT2D eigenvalue weighted by atomic mass is 19.3. The van der Waals surface area contributed by atoms with Crippen LogP contribution in [0.3, 0.4) is 0 Å². The van der Waals surface area contributed by atoms with E-state index in [-0.39, 0.29) is 12.6 Å². The molecule has 1 heterocycles. The van der Waals surface area contributed by atoms with Gasteiger partial charge in [0.25, 0.3) is 0 Å². The fourth-order valence-electron chi connectivity index (χ4n) is 1.75. The molecule has 0 bridgehead atoms. The third-order valence-electron chi connectivity index (χ3n) is 2.42. The van der Waals surface area contributed by atoms with Crippen molar-refractivity contribution in [1.29, 1.82) is 0 Å². The van der Waals surface area contributed by atoms with E-state index in [1.54, 1.807) is 20.8 Å². The minimum atomic E-state index is -2.80. The molecule has 1 atom stereocenters. The standard InChI is InChI=1S/C11H19F2NO3/c1-11(2,3)17-10(15)14-6-4-5-8(14)7-16-9(12)13/h8-9H,4-7H2,1-3H3. The lowest BCUT2D eigenvalue weighted by atomic mass is 10.2. The second-order valence-corrected chi connectivity index (χ2v) is 5.06. The maximum absolute atomic E-state index is 11.9. The molecule has 0 spiro atoms. The lowest BCUT2D eigenvalue weighted by Gasteiger charge is -2.28. The Balaban J connectivity index is 2.48. The predicted octanol–water partition coefficient (Wildman–Crippen LogP) is 2.63. The summed E-state index contributed by atoms with van der Waals surface area (Å²) in [5.74, 6) is 0. The molecule has 0 aromatic heterocycles. The lowest BCUT2D eigenvalue weighted by Crippen LogP contribution is -2.41. The van der Waals surface area contributed by atoms with Gasteiger partial charge in [0.1, 0.15) is 5.60 Å². The third kappa shape index (κ3) is 4.85. The molecule has 0 saturated carbocycles. The van der Waals surface area contributed by atoms with Crippen molar-refractivity contribution in [3.63, 3.8) is 0 Å². The van der Waals surface area contributed by atoms with E-state index in [4.69, 9.17) is 4.74 Å². The second-order valence-electron chi connectivity index (χ2n) is 5.06. The Hall–Kier alpha value is -0.910. The van der Waals surface area contributed by atoms with E-state index in [9.17, 15) is 13.6 Å². The van der Waals surface area contributed by atoms with E-state index < -0.39 is 18.3 Å². The molecule has 0 radical (unpaired) electrons. The van der Waals surface area contributed by atoms with Crippen molar-refractivity contribution >= 4 is 6.09 Å². The molecule has 1 unspecified atom stereocenters. The highest BCUT2D eigenvalue weighted by Crippen LogP contribution is 2.21. The Labute approximate surface area is 99.9 Å². The van der Waals surface area contributed by atoms with E-state index in [0.717, 1.165) is 6.42 Å². The van der Waals surface area contributed by atoms with Crippen LogP contribution in [0.5, 0.6) is 0 Å². The fraction of sp³-hybridized carbons (Fsp3) is 0.909. The van der Waals surface area contributed by atoms with Crippen molar-refractivity contribution in [3.05, 3.63) is 0 Å². The van der Waals surface area contributed by atoms with Crippen LogP contribution in [-0.2, 0) is 9.47 Å². The van der Waals surface area contributed by atoms with Crippen LogP contribution in [0.2, 0.25) is 0 Å². The summed E-state index contributed by atoms with van der Waals surface area (Å²) < 4.78 is 33.3. The van der Waals surface area contributed by atoms with Gasteiger partial charge in [-0.1, -0.05) is 0 Å². The van der Waals surface area contributed by atoms with Gasteiger partial charge in [-0.3, -0.25) is 0 Å². The minimum absolute atomic E-state index is 0.142. The molecular formula is C11H19F2NO3. The van der Waals surface area contributed by atoms with E-state index >= 15 is 0 Å². The van der Waals surface area contributed by atoms with E-state index in [1.807, 2.05) is 0 Å². The van der Waals surface area contributed by atoms with Crippen molar-refractivity contribution in [1.82, 2.24) is 4.90 Å². The first-order valence-corrected chi connectivity index (χ1v) is 5.69. The number of hydrogen-bond donors (Lipinski definition) is 0. The van der Waals surface area contributed by atoms with Gasteiger partial charge >= 0.3 is 12.7 Å². The molecule has 1 fully saturated rings. The molecule has 6 heteroatoms. The minimum Gasteiger partial charge on any atom is -0.444 e. The summed E-state index contributed by atoms with van der Waals surface area (Å²) in [5, 5.41) is 0. The largest absolute Gasteiger partial charge is 0.444 e. The fourth-order valence-corrected chi connectivity index (χ4v) is 1.75. The molecule has 1 amide bonds. The molecule has 0 aromatic rings. The number of carbonyl (C=O) groups excluding carboxylic acids is 1. The number of alkyl halides is 2. The maximum Gasteiger partial charge on any atom is 0.410 e. The zero-order valence-electron chi connectivity index (χ0n) is 10.4. The Kier molecular flexibility index (Phi) is 4.68. The van der Waals surface area contributed by atoms with Crippen LogP contribution < -0.4 is 0 Å². The van der Waals surface area contributed by atoms with Crippen molar-refractivity contribution in [2.24, 2.45) is 0 Å². The average Bonchev–Trinajstić information content (AvgIpc) is 2.59. The summed E-state index contributed by atoms with van der Waals surface area (Å²) in [7, 11) is 0. The van der Waals surface area contributed by atoms with Gasteiger partial charge in [0.15, 0.2) is 0 Å². The number of amides is 1. The van der Waals surface area contributed by atoms with Gasteiger partial charge in [-0.15, -0.1) is 0 Å². The number of rotatable bonds is 3. The maximum atomic E-state index is 11.9. The lowest BCUT2D eigenvalue weighted by molar-refractivity contribution is -0.138. The highest BCUT2D eigenvalue weighted by Gasteiger charge is 2.32. The number of ether oxygens (including phenoxy) is 2. The van der Waals surface area contributed by atoms with Crippen LogP contribution in [0.1, 0.15) is 33.6 Å². The molecule has 1 aliphatic rings. The zero-order chi connectivity index (χ0) is 13.1. The molecule has 0 aliphatic carbocycles.